The van der Waals surface area contributed by atoms with Crippen LogP contribution in [0.2, 0.25) is 0 Å². The number of hydrogen-bond acceptors (Lipinski definition) is 5. The van der Waals surface area contributed by atoms with E-state index in [0.717, 1.165) is 16.8 Å². The van der Waals surface area contributed by atoms with Gasteiger partial charge < -0.3 is 15.0 Å². The van der Waals surface area contributed by atoms with Gasteiger partial charge in [0.2, 0.25) is 0 Å². The first-order valence-corrected chi connectivity index (χ1v) is 9.33. The van der Waals surface area contributed by atoms with Gasteiger partial charge in [-0.05, 0) is 12.5 Å². The summed E-state index contributed by atoms with van der Waals surface area (Å²) in [7, 11) is 1.75. The maximum atomic E-state index is 12.7. The Morgan fingerprint density at radius 2 is 2.07 bits per heavy atom. The van der Waals surface area contributed by atoms with Gasteiger partial charge in [-0.3, -0.25) is 19.4 Å². The smallest absolute Gasteiger partial charge is 0.257 e. The fraction of sp³-hybridized carbons (Fsp3) is 0.300. The van der Waals surface area contributed by atoms with Crippen molar-refractivity contribution in [2.24, 2.45) is 7.05 Å². The molecule has 0 radical (unpaired) electrons. The van der Waals surface area contributed by atoms with Crippen molar-refractivity contribution in [3.8, 4) is 11.3 Å². The van der Waals surface area contributed by atoms with Crippen molar-refractivity contribution in [2.45, 2.75) is 13.0 Å². The number of carbonyl (C=O) groups is 2. The third-order valence-electron chi connectivity index (χ3n) is 4.91. The molecule has 2 aromatic heterocycles. The van der Waals surface area contributed by atoms with Crippen LogP contribution in [0.4, 0.5) is 5.82 Å². The second-order valence-corrected chi connectivity index (χ2v) is 6.94. The number of aryl methyl sites for hydroxylation is 1. The Bertz CT molecular complexity index is 1030. The molecular formula is C20H22N6O3. The van der Waals surface area contributed by atoms with Crippen molar-refractivity contribution in [1.82, 2.24) is 24.9 Å². The summed E-state index contributed by atoms with van der Waals surface area (Å²) in [5.41, 5.74) is 3.16. The second kappa shape index (κ2) is 7.88. The number of benzene rings is 1. The molecule has 2 N–H and O–H groups in total. The first kappa shape index (κ1) is 18.9. The molecule has 1 aromatic carbocycles. The Balaban J connectivity index is 1.43. The van der Waals surface area contributed by atoms with E-state index in [1.54, 1.807) is 22.8 Å². The molecule has 2 amide bonds. The monoisotopic (exact) mass is 394 g/mol. The van der Waals surface area contributed by atoms with E-state index in [1.807, 2.05) is 37.3 Å². The van der Waals surface area contributed by atoms with Gasteiger partial charge >= 0.3 is 0 Å². The van der Waals surface area contributed by atoms with Crippen LogP contribution < -0.4 is 5.32 Å². The minimum atomic E-state index is -0.763. The highest BCUT2D eigenvalue weighted by atomic mass is 16.5. The highest BCUT2D eigenvalue weighted by Crippen LogP contribution is 2.25. The van der Waals surface area contributed by atoms with Crippen LogP contribution in [0.3, 0.4) is 0 Å². The molecular weight excluding hydrogens is 372 g/mol. The number of amides is 2. The van der Waals surface area contributed by atoms with Gasteiger partial charge in [-0.25, -0.2) is 0 Å². The average molecular weight is 394 g/mol. The predicted octanol–water partition coefficient (Wildman–Crippen LogP) is 1.60. The molecule has 1 saturated heterocycles. The lowest BCUT2D eigenvalue weighted by atomic mass is 10.1. The zero-order valence-electron chi connectivity index (χ0n) is 16.3. The van der Waals surface area contributed by atoms with Crippen LogP contribution in [0.25, 0.3) is 11.3 Å². The Morgan fingerprint density at radius 1 is 1.28 bits per heavy atom. The average Bonchev–Trinajstić information content (AvgIpc) is 3.34. The number of aromatic amines is 1. The molecule has 29 heavy (non-hydrogen) atoms. The van der Waals surface area contributed by atoms with E-state index in [0.29, 0.717) is 24.5 Å². The highest BCUT2D eigenvalue weighted by Gasteiger charge is 2.31. The van der Waals surface area contributed by atoms with Crippen molar-refractivity contribution in [3.63, 3.8) is 0 Å². The molecule has 4 rings (SSSR count). The molecule has 9 heteroatoms. The van der Waals surface area contributed by atoms with Crippen LogP contribution in [0, 0.1) is 6.92 Å². The topological polar surface area (TPSA) is 105 Å². The number of rotatable bonds is 4. The standard InChI is InChI=1S/C20H22N6O3/c1-13-17(14-6-4-3-5-7-14)23-24-18(13)22-19(27)16-12-26(8-9-29-16)20(28)15-10-21-25(2)11-15/h3-7,10-11,16H,8-9,12H2,1-2H3,(H2,22,23,24,27). The molecule has 3 heterocycles. The zero-order chi connectivity index (χ0) is 20.4. The van der Waals surface area contributed by atoms with Crippen molar-refractivity contribution in [2.75, 3.05) is 25.0 Å². The molecule has 1 unspecified atom stereocenters. The first-order valence-electron chi connectivity index (χ1n) is 9.33. The molecule has 0 bridgehead atoms. The number of anilines is 1. The van der Waals surface area contributed by atoms with Crippen LogP contribution in [0.1, 0.15) is 15.9 Å². The number of hydrogen-bond donors (Lipinski definition) is 2. The van der Waals surface area contributed by atoms with Gasteiger partial charge in [0.05, 0.1) is 30.6 Å². The summed E-state index contributed by atoms with van der Waals surface area (Å²) < 4.78 is 7.17. The summed E-state index contributed by atoms with van der Waals surface area (Å²) in [6.07, 6.45) is 2.41. The number of nitrogens with zero attached hydrogens (tertiary/aromatic N) is 4. The summed E-state index contributed by atoms with van der Waals surface area (Å²) in [5, 5.41) is 14.0. The Hall–Kier alpha value is -3.46. The van der Waals surface area contributed by atoms with Crippen LogP contribution in [-0.2, 0) is 16.6 Å². The molecule has 1 atom stereocenters. The molecule has 1 fully saturated rings. The SMILES string of the molecule is Cc1c(NC(=O)C2CN(C(=O)c3cnn(C)c3)CCO2)n[nH]c1-c1ccccc1. The first-order chi connectivity index (χ1) is 14.0. The number of H-pyrrole nitrogens is 1. The fourth-order valence-electron chi connectivity index (χ4n) is 3.31. The van der Waals surface area contributed by atoms with Crippen LogP contribution in [-0.4, -0.2) is 62.5 Å². The van der Waals surface area contributed by atoms with Gasteiger partial charge in [-0.2, -0.15) is 10.2 Å². The molecule has 9 nitrogen and oxygen atoms in total. The van der Waals surface area contributed by atoms with Gasteiger partial charge in [0.1, 0.15) is 0 Å². The molecule has 150 valence electrons. The Labute approximate surface area is 167 Å². The summed E-state index contributed by atoms with van der Waals surface area (Å²) in [6, 6.07) is 9.77. The van der Waals surface area contributed by atoms with Crippen LogP contribution in [0.5, 0.6) is 0 Å². The van der Waals surface area contributed by atoms with E-state index in [4.69, 9.17) is 4.74 Å². The van der Waals surface area contributed by atoms with Crippen molar-refractivity contribution in [1.29, 1.82) is 0 Å². The summed E-state index contributed by atoms with van der Waals surface area (Å²) in [6.45, 7) is 2.78. The largest absolute Gasteiger partial charge is 0.365 e. The third-order valence-corrected chi connectivity index (χ3v) is 4.91. The number of aromatic nitrogens is 4. The van der Waals surface area contributed by atoms with E-state index in [2.05, 4.69) is 20.6 Å². The molecule has 3 aromatic rings. The van der Waals surface area contributed by atoms with E-state index in [9.17, 15) is 9.59 Å². The number of carbonyl (C=O) groups excluding carboxylic acids is 2. The fourth-order valence-corrected chi connectivity index (χ4v) is 3.31. The zero-order valence-corrected chi connectivity index (χ0v) is 16.3. The Morgan fingerprint density at radius 3 is 2.79 bits per heavy atom. The van der Waals surface area contributed by atoms with E-state index in [1.165, 1.54) is 6.20 Å². The minimum Gasteiger partial charge on any atom is -0.365 e. The minimum absolute atomic E-state index is 0.165. The number of nitrogens with one attached hydrogen (secondary N) is 2. The molecule has 0 aliphatic carbocycles. The highest BCUT2D eigenvalue weighted by molar-refractivity contribution is 5.97. The summed E-state index contributed by atoms with van der Waals surface area (Å²) >= 11 is 0. The van der Waals surface area contributed by atoms with Crippen molar-refractivity contribution < 1.29 is 14.3 Å². The van der Waals surface area contributed by atoms with Gasteiger partial charge in [0, 0.05) is 25.4 Å². The lowest BCUT2D eigenvalue weighted by molar-refractivity contribution is -0.131. The summed E-state index contributed by atoms with van der Waals surface area (Å²) in [5.74, 6) is -0.0439. The molecule has 0 saturated carbocycles. The van der Waals surface area contributed by atoms with Gasteiger partial charge in [0.25, 0.3) is 11.8 Å². The number of morpholine rings is 1. The van der Waals surface area contributed by atoms with Crippen molar-refractivity contribution in [3.05, 3.63) is 53.9 Å². The van der Waals surface area contributed by atoms with E-state index < -0.39 is 6.10 Å². The predicted molar refractivity (Wildman–Crippen MR) is 106 cm³/mol. The maximum Gasteiger partial charge on any atom is 0.257 e. The maximum absolute atomic E-state index is 12.7. The van der Waals surface area contributed by atoms with Crippen LogP contribution in [0.15, 0.2) is 42.7 Å². The lowest BCUT2D eigenvalue weighted by Crippen LogP contribution is -2.50. The second-order valence-electron chi connectivity index (χ2n) is 6.94. The summed E-state index contributed by atoms with van der Waals surface area (Å²) in [4.78, 5) is 27.0. The molecule has 0 spiro atoms. The van der Waals surface area contributed by atoms with Gasteiger partial charge in [0.15, 0.2) is 11.9 Å². The van der Waals surface area contributed by atoms with Crippen LogP contribution >= 0.6 is 0 Å². The quantitative estimate of drug-likeness (QED) is 0.699. The van der Waals surface area contributed by atoms with Gasteiger partial charge in [-0.1, -0.05) is 30.3 Å². The molecule has 1 aliphatic heterocycles. The van der Waals surface area contributed by atoms with E-state index >= 15 is 0 Å². The van der Waals surface area contributed by atoms with Crippen molar-refractivity contribution >= 4 is 17.6 Å². The Kier molecular flexibility index (Phi) is 5.13. The van der Waals surface area contributed by atoms with E-state index in [-0.39, 0.29) is 18.4 Å². The van der Waals surface area contributed by atoms with Gasteiger partial charge in [-0.15, -0.1) is 0 Å². The molecule has 1 aliphatic rings. The third kappa shape index (κ3) is 3.90. The normalized spacial score (nSPS) is 16.6. The lowest BCUT2D eigenvalue weighted by Gasteiger charge is -2.31. The number of ether oxygens (including phenoxy) is 1.